The number of carbonyl (C=O) groups excluding carboxylic acids is 1. The molecule has 98 valence electrons. The lowest BCUT2D eigenvalue weighted by Crippen LogP contribution is -2.38. The van der Waals surface area contributed by atoms with Gasteiger partial charge in [-0.05, 0) is 24.5 Å². The predicted octanol–water partition coefficient (Wildman–Crippen LogP) is 1.44. The van der Waals surface area contributed by atoms with Gasteiger partial charge in [0, 0.05) is 18.9 Å². The highest BCUT2D eigenvalue weighted by Crippen LogP contribution is 2.07. The molecule has 0 bridgehead atoms. The normalized spacial score (nSPS) is 11.8. The molecule has 0 spiro atoms. The Labute approximate surface area is 113 Å². The van der Waals surface area contributed by atoms with Gasteiger partial charge in [0.2, 0.25) is 5.91 Å². The summed E-state index contributed by atoms with van der Waals surface area (Å²) >= 11 is 4.91. The monoisotopic (exact) mass is 265 g/mol. The van der Waals surface area contributed by atoms with E-state index in [-0.39, 0.29) is 16.8 Å². The summed E-state index contributed by atoms with van der Waals surface area (Å²) in [7, 11) is 0. The summed E-state index contributed by atoms with van der Waals surface area (Å²) in [6.07, 6.45) is 5.87. The van der Waals surface area contributed by atoms with Gasteiger partial charge in [0.05, 0.1) is 10.9 Å². The Morgan fingerprint density at radius 2 is 2.39 bits per heavy atom. The Morgan fingerprint density at radius 3 is 2.94 bits per heavy atom. The smallest absolute Gasteiger partial charge is 0.229 e. The third-order valence-electron chi connectivity index (χ3n) is 2.67. The number of nitrogens with one attached hydrogen (secondary N) is 1. The summed E-state index contributed by atoms with van der Waals surface area (Å²) in [5, 5.41) is 2.86. The zero-order valence-electron chi connectivity index (χ0n) is 10.6. The molecule has 1 rings (SSSR count). The SMILES string of the molecule is CCCC(C(=O)NCCc1cccnc1)C(N)=S. The Hall–Kier alpha value is -1.49. The predicted molar refractivity (Wildman–Crippen MR) is 76.1 cm³/mol. The van der Waals surface area contributed by atoms with Gasteiger partial charge in [0.15, 0.2) is 0 Å². The minimum Gasteiger partial charge on any atom is -0.393 e. The van der Waals surface area contributed by atoms with Crippen LogP contribution in [0.4, 0.5) is 0 Å². The summed E-state index contributed by atoms with van der Waals surface area (Å²) in [6, 6.07) is 3.86. The lowest BCUT2D eigenvalue weighted by atomic mass is 10.0. The van der Waals surface area contributed by atoms with Crippen LogP contribution in [0.15, 0.2) is 24.5 Å². The van der Waals surface area contributed by atoms with Crippen molar-refractivity contribution in [2.24, 2.45) is 11.7 Å². The molecule has 1 aromatic heterocycles. The van der Waals surface area contributed by atoms with Gasteiger partial charge in [-0.3, -0.25) is 9.78 Å². The van der Waals surface area contributed by atoms with Crippen LogP contribution < -0.4 is 11.1 Å². The molecule has 0 fully saturated rings. The highest BCUT2D eigenvalue weighted by Gasteiger charge is 2.19. The molecule has 3 N–H and O–H groups in total. The molecule has 0 aliphatic heterocycles. The highest BCUT2D eigenvalue weighted by atomic mass is 32.1. The van der Waals surface area contributed by atoms with Gasteiger partial charge in [-0.1, -0.05) is 31.6 Å². The van der Waals surface area contributed by atoms with Crippen LogP contribution in [0.1, 0.15) is 25.3 Å². The third kappa shape index (κ3) is 4.79. The van der Waals surface area contributed by atoms with E-state index in [1.807, 2.05) is 19.1 Å². The molecule has 0 aliphatic carbocycles. The third-order valence-corrected chi connectivity index (χ3v) is 2.96. The number of hydrogen-bond acceptors (Lipinski definition) is 3. The van der Waals surface area contributed by atoms with Crippen molar-refractivity contribution < 1.29 is 4.79 Å². The molecule has 1 aromatic rings. The van der Waals surface area contributed by atoms with Crippen molar-refractivity contribution >= 4 is 23.1 Å². The fraction of sp³-hybridized carbons (Fsp3) is 0.462. The van der Waals surface area contributed by atoms with E-state index in [9.17, 15) is 4.79 Å². The van der Waals surface area contributed by atoms with Crippen molar-refractivity contribution in [1.29, 1.82) is 0 Å². The molecule has 18 heavy (non-hydrogen) atoms. The van der Waals surface area contributed by atoms with Crippen molar-refractivity contribution in [1.82, 2.24) is 10.3 Å². The average molecular weight is 265 g/mol. The highest BCUT2D eigenvalue weighted by molar-refractivity contribution is 7.80. The van der Waals surface area contributed by atoms with E-state index in [0.29, 0.717) is 13.0 Å². The van der Waals surface area contributed by atoms with Crippen LogP contribution in [0.3, 0.4) is 0 Å². The van der Waals surface area contributed by atoms with E-state index >= 15 is 0 Å². The molecule has 0 aromatic carbocycles. The summed E-state index contributed by atoms with van der Waals surface area (Å²) in [6.45, 7) is 2.58. The standard InChI is InChI=1S/C13H19N3OS/c1-2-4-11(12(14)18)13(17)16-8-6-10-5-3-7-15-9-10/h3,5,7,9,11H,2,4,6,8H2,1H3,(H2,14,18)(H,16,17). The molecule has 1 atom stereocenters. The molecule has 1 amide bonds. The largest absolute Gasteiger partial charge is 0.393 e. The lowest BCUT2D eigenvalue weighted by molar-refractivity contribution is -0.123. The van der Waals surface area contributed by atoms with Crippen LogP contribution in [0.5, 0.6) is 0 Å². The first-order valence-electron chi connectivity index (χ1n) is 6.11. The number of amides is 1. The fourth-order valence-electron chi connectivity index (χ4n) is 1.69. The summed E-state index contributed by atoms with van der Waals surface area (Å²) in [4.78, 5) is 16.2. The Balaban J connectivity index is 2.38. The first kappa shape index (κ1) is 14.6. The summed E-state index contributed by atoms with van der Waals surface area (Å²) < 4.78 is 0. The Bertz CT molecular complexity index is 394. The molecule has 0 saturated heterocycles. The minimum atomic E-state index is -0.348. The summed E-state index contributed by atoms with van der Waals surface area (Å²) in [5.74, 6) is -0.424. The first-order chi connectivity index (χ1) is 8.65. The zero-order chi connectivity index (χ0) is 13.4. The van der Waals surface area contributed by atoms with Gasteiger partial charge in [-0.25, -0.2) is 0 Å². The van der Waals surface area contributed by atoms with Gasteiger partial charge in [0.25, 0.3) is 0 Å². The van der Waals surface area contributed by atoms with Gasteiger partial charge in [-0.15, -0.1) is 0 Å². The van der Waals surface area contributed by atoms with E-state index in [2.05, 4.69) is 10.3 Å². The number of rotatable bonds is 7. The van der Waals surface area contributed by atoms with Gasteiger partial charge in [-0.2, -0.15) is 0 Å². The van der Waals surface area contributed by atoms with Gasteiger partial charge >= 0.3 is 0 Å². The fourth-order valence-corrected chi connectivity index (χ4v) is 1.92. The molecule has 1 unspecified atom stereocenters. The second-order valence-corrected chi connectivity index (χ2v) is 4.62. The lowest BCUT2D eigenvalue weighted by Gasteiger charge is -2.14. The number of hydrogen-bond donors (Lipinski definition) is 2. The zero-order valence-corrected chi connectivity index (χ0v) is 11.4. The number of nitrogens with zero attached hydrogens (tertiary/aromatic N) is 1. The van der Waals surface area contributed by atoms with E-state index in [1.54, 1.807) is 12.4 Å². The van der Waals surface area contributed by atoms with Gasteiger partial charge in [0.1, 0.15) is 0 Å². The minimum absolute atomic E-state index is 0.0757. The Morgan fingerprint density at radius 1 is 1.61 bits per heavy atom. The number of aromatic nitrogens is 1. The van der Waals surface area contributed by atoms with Crippen LogP contribution >= 0.6 is 12.2 Å². The maximum Gasteiger partial charge on any atom is 0.229 e. The average Bonchev–Trinajstić information content (AvgIpc) is 2.36. The molecule has 1 heterocycles. The quantitative estimate of drug-likeness (QED) is 0.732. The maximum absolute atomic E-state index is 11.9. The molecule has 4 nitrogen and oxygen atoms in total. The molecule has 5 heteroatoms. The topological polar surface area (TPSA) is 68.0 Å². The van der Waals surface area contributed by atoms with Crippen LogP contribution in [-0.4, -0.2) is 22.4 Å². The van der Waals surface area contributed by atoms with Crippen LogP contribution in [0, 0.1) is 5.92 Å². The van der Waals surface area contributed by atoms with E-state index in [1.165, 1.54) is 0 Å². The molecule has 0 aliphatic rings. The van der Waals surface area contributed by atoms with E-state index in [0.717, 1.165) is 18.4 Å². The maximum atomic E-state index is 11.9. The number of pyridine rings is 1. The second kappa shape index (κ2) is 7.76. The Kier molecular flexibility index (Phi) is 6.28. The number of nitrogens with two attached hydrogens (primary N) is 1. The van der Waals surface area contributed by atoms with E-state index < -0.39 is 0 Å². The van der Waals surface area contributed by atoms with Crippen molar-refractivity contribution in [2.45, 2.75) is 26.2 Å². The van der Waals surface area contributed by atoms with Crippen molar-refractivity contribution in [3.63, 3.8) is 0 Å². The molecular weight excluding hydrogens is 246 g/mol. The van der Waals surface area contributed by atoms with Crippen molar-refractivity contribution in [3.05, 3.63) is 30.1 Å². The van der Waals surface area contributed by atoms with E-state index in [4.69, 9.17) is 18.0 Å². The first-order valence-corrected chi connectivity index (χ1v) is 6.52. The molecular formula is C13H19N3OS. The number of carbonyl (C=O) groups is 1. The van der Waals surface area contributed by atoms with Crippen molar-refractivity contribution in [2.75, 3.05) is 6.54 Å². The van der Waals surface area contributed by atoms with Crippen LogP contribution in [0.25, 0.3) is 0 Å². The van der Waals surface area contributed by atoms with Crippen molar-refractivity contribution in [3.8, 4) is 0 Å². The number of thiocarbonyl (C=S) groups is 1. The van der Waals surface area contributed by atoms with Gasteiger partial charge < -0.3 is 11.1 Å². The summed E-state index contributed by atoms with van der Waals surface area (Å²) in [5.41, 5.74) is 6.66. The molecule has 0 saturated carbocycles. The second-order valence-electron chi connectivity index (χ2n) is 4.15. The van der Waals surface area contributed by atoms with Crippen LogP contribution in [-0.2, 0) is 11.2 Å². The van der Waals surface area contributed by atoms with Crippen LogP contribution in [0.2, 0.25) is 0 Å². The molecule has 0 radical (unpaired) electrons.